The molecule has 1 saturated heterocycles. The molecule has 1 aliphatic heterocycles. The number of aliphatic hydroxyl groups is 1. The van der Waals surface area contributed by atoms with Gasteiger partial charge in [-0.1, -0.05) is 0 Å². The number of nitrogens with zero attached hydrogens (tertiary/aromatic N) is 2. The van der Waals surface area contributed by atoms with Gasteiger partial charge < -0.3 is 19.5 Å². The van der Waals surface area contributed by atoms with Crippen LogP contribution in [0.25, 0.3) is 0 Å². The molecule has 0 aliphatic carbocycles. The summed E-state index contributed by atoms with van der Waals surface area (Å²) in [7, 11) is 1.67. The van der Waals surface area contributed by atoms with Crippen molar-refractivity contribution in [3.63, 3.8) is 0 Å². The van der Waals surface area contributed by atoms with Gasteiger partial charge in [0, 0.05) is 38.4 Å². The highest BCUT2D eigenvalue weighted by Crippen LogP contribution is 2.20. The van der Waals surface area contributed by atoms with E-state index >= 15 is 0 Å². The topological polar surface area (TPSA) is 45.2 Å². The molecule has 0 saturated carbocycles. The summed E-state index contributed by atoms with van der Waals surface area (Å²) in [5.74, 6) is 1.12. The molecule has 1 fully saturated rings. The predicted octanol–water partition coefficient (Wildman–Crippen LogP) is 2.40. The molecule has 2 aromatic carbocycles. The van der Waals surface area contributed by atoms with Crippen LogP contribution in [0.3, 0.4) is 0 Å². The molecule has 5 nitrogen and oxygen atoms in total. The Balaban J connectivity index is 1.40. The average Bonchev–Trinajstić information content (AvgIpc) is 2.68. The Labute approximate surface area is 153 Å². The highest BCUT2D eigenvalue weighted by atomic mass is 19.1. The summed E-state index contributed by atoms with van der Waals surface area (Å²) in [6.07, 6.45) is -0.576. The van der Waals surface area contributed by atoms with Gasteiger partial charge in [0.1, 0.15) is 30.0 Å². The number of hydrogen-bond donors (Lipinski definition) is 1. The first-order valence-electron chi connectivity index (χ1n) is 8.82. The Kier molecular flexibility index (Phi) is 6.30. The molecule has 0 spiro atoms. The van der Waals surface area contributed by atoms with Crippen LogP contribution in [-0.2, 0) is 0 Å². The van der Waals surface area contributed by atoms with E-state index in [-0.39, 0.29) is 12.4 Å². The maximum atomic E-state index is 12.9. The molecule has 1 aliphatic rings. The minimum Gasteiger partial charge on any atom is -0.497 e. The second kappa shape index (κ2) is 8.87. The van der Waals surface area contributed by atoms with E-state index in [0.717, 1.165) is 31.9 Å². The highest BCUT2D eigenvalue weighted by molar-refractivity contribution is 5.49. The zero-order valence-electron chi connectivity index (χ0n) is 15.0. The van der Waals surface area contributed by atoms with Gasteiger partial charge in [0.2, 0.25) is 0 Å². The number of benzene rings is 2. The van der Waals surface area contributed by atoms with Crippen molar-refractivity contribution in [2.45, 2.75) is 6.10 Å². The van der Waals surface area contributed by atoms with Crippen LogP contribution in [0.15, 0.2) is 48.5 Å². The summed E-state index contributed by atoms with van der Waals surface area (Å²) in [4.78, 5) is 4.57. The molecule has 1 heterocycles. The third-order valence-corrected chi connectivity index (χ3v) is 4.53. The predicted molar refractivity (Wildman–Crippen MR) is 99.5 cm³/mol. The molecule has 1 atom stereocenters. The summed E-state index contributed by atoms with van der Waals surface area (Å²) in [6, 6.07) is 13.9. The van der Waals surface area contributed by atoms with Gasteiger partial charge in [-0.15, -0.1) is 0 Å². The van der Waals surface area contributed by atoms with Crippen molar-refractivity contribution in [2.24, 2.45) is 0 Å². The minimum atomic E-state index is -0.576. The number of β-amino-alcohol motifs (C(OH)–C–C–N with tert-alkyl or cyclic N) is 1. The number of hydrogen-bond acceptors (Lipinski definition) is 5. The smallest absolute Gasteiger partial charge is 0.123 e. The fourth-order valence-electron chi connectivity index (χ4n) is 3.06. The van der Waals surface area contributed by atoms with E-state index in [2.05, 4.69) is 21.9 Å². The van der Waals surface area contributed by atoms with Crippen molar-refractivity contribution >= 4 is 5.69 Å². The van der Waals surface area contributed by atoms with Crippen LogP contribution in [-0.4, -0.2) is 62.6 Å². The summed E-state index contributed by atoms with van der Waals surface area (Å²) in [5.41, 5.74) is 1.19. The molecule has 0 bridgehead atoms. The standard InChI is InChI=1S/C20H25FN2O3/c1-25-19-8-4-17(5-9-19)23-12-10-22(11-13-23)14-18(24)15-26-20-6-2-16(21)3-7-20/h2-9,18,24H,10-15H2,1H3/t18-/m0/s1. The van der Waals surface area contributed by atoms with Crippen LogP contribution in [0, 0.1) is 5.82 Å². The quantitative estimate of drug-likeness (QED) is 0.822. The van der Waals surface area contributed by atoms with Crippen LogP contribution in [0.5, 0.6) is 11.5 Å². The minimum absolute atomic E-state index is 0.199. The molecular weight excluding hydrogens is 335 g/mol. The number of piperazine rings is 1. The van der Waals surface area contributed by atoms with Gasteiger partial charge in [0.25, 0.3) is 0 Å². The zero-order chi connectivity index (χ0) is 18.4. The first kappa shape index (κ1) is 18.5. The van der Waals surface area contributed by atoms with E-state index in [4.69, 9.17) is 9.47 Å². The summed E-state index contributed by atoms with van der Waals surface area (Å²) in [6.45, 7) is 4.37. The second-order valence-corrected chi connectivity index (χ2v) is 6.40. The molecule has 0 radical (unpaired) electrons. The average molecular weight is 360 g/mol. The summed E-state index contributed by atoms with van der Waals surface area (Å²) in [5, 5.41) is 10.2. The molecule has 140 valence electrons. The molecule has 0 amide bonds. The Bertz CT molecular complexity index is 670. The molecule has 6 heteroatoms. The molecule has 3 rings (SSSR count). The monoisotopic (exact) mass is 360 g/mol. The van der Waals surface area contributed by atoms with Gasteiger partial charge in [0.05, 0.1) is 7.11 Å². The van der Waals surface area contributed by atoms with Crippen LogP contribution in [0.2, 0.25) is 0 Å². The second-order valence-electron chi connectivity index (χ2n) is 6.40. The van der Waals surface area contributed by atoms with Gasteiger partial charge in [-0.05, 0) is 48.5 Å². The van der Waals surface area contributed by atoms with Crippen molar-refractivity contribution in [3.05, 3.63) is 54.3 Å². The molecular formula is C20H25FN2O3. The largest absolute Gasteiger partial charge is 0.497 e. The Morgan fingerprint density at radius 2 is 1.58 bits per heavy atom. The lowest BCUT2D eigenvalue weighted by Crippen LogP contribution is -2.49. The van der Waals surface area contributed by atoms with Crippen LogP contribution < -0.4 is 14.4 Å². The van der Waals surface area contributed by atoms with Gasteiger partial charge in [-0.2, -0.15) is 0 Å². The molecule has 1 N–H and O–H groups in total. The van der Waals surface area contributed by atoms with Gasteiger partial charge >= 0.3 is 0 Å². The summed E-state index contributed by atoms with van der Waals surface area (Å²) >= 11 is 0. The van der Waals surface area contributed by atoms with E-state index in [1.807, 2.05) is 12.1 Å². The van der Waals surface area contributed by atoms with Crippen molar-refractivity contribution in [1.82, 2.24) is 4.90 Å². The maximum Gasteiger partial charge on any atom is 0.123 e. The van der Waals surface area contributed by atoms with E-state index in [9.17, 15) is 9.50 Å². The number of rotatable bonds is 7. The number of aliphatic hydroxyl groups excluding tert-OH is 1. The number of halogens is 1. The molecule has 0 aromatic heterocycles. The van der Waals surface area contributed by atoms with E-state index < -0.39 is 6.10 Å². The third-order valence-electron chi connectivity index (χ3n) is 4.53. The fourth-order valence-corrected chi connectivity index (χ4v) is 3.06. The van der Waals surface area contributed by atoms with E-state index in [1.54, 1.807) is 19.2 Å². The lowest BCUT2D eigenvalue weighted by Gasteiger charge is -2.36. The molecule has 2 aromatic rings. The van der Waals surface area contributed by atoms with Crippen molar-refractivity contribution in [3.8, 4) is 11.5 Å². The molecule has 0 unspecified atom stereocenters. The number of methoxy groups -OCH3 is 1. The van der Waals surface area contributed by atoms with Crippen LogP contribution in [0.1, 0.15) is 0 Å². The van der Waals surface area contributed by atoms with Crippen molar-refractivity contribution in [2.75, 3.05) is 51.3 Å². The first-order valence-corrected chi connectivity index (χ1v) is 8.82. The first-order chi connectivity index (χ1) is 12.6. The van der Waals surface area contributed by atoms with Gasteiger partial charge in [-0.25, -0.2) is 4.39 Å². The number of ether oxygens (including phenoxy) is 2. The van der Waals surface area contributed by atoms with E-state index in [1.165, 1.54) is 17.8 Å². The zero-order valence-corrected chi connectivity index (χ0v) is 15.0. The fraction of sp³-hybridized carbons (Fsp3) is 0.400. The summed E-state index contributed by atoms with van der Waals surface area (Å²) < 4.78 is 23.6. The SMILES string of the molecule is COc1ccc(N2CCN(C[C@H](O)COc3ccc(F)cc3)CC2)cc1. The van der Waals surface area contributed by atoms with Crippen LogP contribution in [0.4, 0.5) is 10.1 Å². The lowest BCUT2D eigenvalue weighted by molar-refractivity contribution is 0.0663. The van der Waals surface area contributed by atoms with Crippen molar-refractivity contribution < 1.29 is 19.0 Å². The lowest BCUT2D eigenvalue weighted by atomic mass is 10.2. The Morgan fingerprint density at radius 3 is 2.19 bits per heavy atom. The van der Waals surface area contributed by atoms with E-state index in [0.29, 0.717) is 12.3 Å². The van der Waals surface area contributed by atoms with Gasteiger partial charge in [0.15, 0.2) is 0 Å². The maximum absolute atomic E-state index is 12.9. The third kappa shape index (κ3) is 5.09. The number of anilines is 1. The van der Waals surface area contributed by atoms with Gasteiger partial charge in [-0.3, -0.25) is 4.90 Å². The van der Waals surface area contributed by atoms with Crippen LogP contribution >= 0.6 is 0 Å². The Hall–Kier alpha value is -2.31. The molecule has 26 heavy (non-hydrogen) atoms. The Morgan fingerprint density at radius 1 is 0.962 bits per heavy atom. The van der Waals surface area contributed by atoms with Crippen molar-refractivity contribution in [1.29, 1.82) is 0 Å². The normalized spacial score (nSPS) is 16.3. The highest BCUT2D eigenvalue weighted by Gasteiger charge is 2.19.